The molecule has 6 nitrogen and oxygen atoms in total. The standard InChI is InChI=1S/C14H23ClN4O2S/c1-16-14(17-8-4-9-19-22(2,20)21)18-10-7-12-5-3-6-13(15)11-12/h3,5-6,11,19H,4,7-10H2,1-2H3,(H2,16,17,18). The number of hydrogen-bond donors (Lipinski definition) is 3. The number of sulfonamides is 1. The van der Waals surface area contributed by atoms with Crippen LogP contribution in [0, 0.1) is 0 Å². The van der Waals surface area contributed by atoms with Gasteiger partial charge in [0.15, 0.2) is 5.96 Å². The molecule has 0 aliphatic rings. The number of rotatable bonds is 8. The molecule has 0 atom stereocenters. The first-order valence-corrected chi connectivity index (χ1v) is 9.31. The smallest absolute Gasteiger partial charge is 0.208 e. The molecule has 0 fully saturated rings. The van der Waals surface area contributed by atoms with Crippen LogP contribution in [0.4, 0.5) is 0 Å². The Morgan fingerprint density at radius 1 is 1.23 bits per heavy atom. The Bertz CT molecular complexity index is 590. The molecule has 0 unspecified atom stereocenters. The minimum atomic E-state index is -3.11. The van der Waals surface area contributed by atoms with E-state index in [0.29, 0.717) is 25.5 Å². The third-order valence-electron chi connectivity index (χ3n) is 2.83. The lowest BCUT2D eigenvalue weighted by molar-refractivity contribution is 0.584. The fraction of sp³-hybridized carbons (Fsp3) is 0.500. The van der Waals surface area contributed by atoms with Crippen LogP contribution in [0.15, 0.2) is 29.3 Å². The van der Waals surface area contributed by atoms with Gasteiger partial charge in [-0.1, -0.05) is 23.7 Å². The van der Waals surface area contributed by atoms with Crippen molar-refractivity contribution in [2.75, 3.05) is 32.9 Å². The van der Waals surface area contributed by atoms with Crippen molar-refractivity contribution in [3.05, 3.63) is 34.9 Å². The summed E-state index contributed by atoms with van der Waals surface area (Å²) in [4.78, 5) is 4.11. The van der Waals surface area contributed by atoms with Gasteiger partial charge in [-0.05, 0) is 30.5 Å². The molecule has 0 spiro atoms. The van der Waals surface area contributed by atoms with Crippen molar-refractivity contribution in [3.8, 4) is 0 Å². The Morgan fingerprint density at radius 3 is 2.59 bits per heavy atom. The maximum absolute atomic E-state index is 10.9. The van der Waals surface area contributed by atoms with Gasteiger partial charge in [-0.15, -0.1) is 0 Å². The zero-order valence-electron chi connectivity index (χ0n) is 12.9. The predicted octanol–water partition coefficient (Wildman–Crippen LogP) is 0.987. The third kappa shape index (κ3) is 8.86. The van der Waals surface area contributed by atoms with Gasteiger partial charge in [0, 0.05) is 31.7 Å². The summed E-state index contributed by atoms with van der Waals surface area (Å²) in [6.07, 6.45) is 2.68. The van der Waals surface area contributed by atoms with E-state index >= 15 is 0 Å². The van der Waals surface area contributed by atoms with Crippen LogP contribution in [0.1, 0.15) is 12.0 Å². The number of hydrogen-bond acceptors (Lipinski definition) is 3. The van der Waals surface area contributed by atoms with Gasteiger partial charge in [0.25, 0.3) is 0 Å². The summed E-state index contributed by atoms with van der Waals surface area (Å²) < 4.78 is 24.3. The Morgan fingerprint density at radius 2 is 1.95 bits per heavy atom. The van der Waals surface area contributed by atoms with Crippen molar-refractivity contribution < 1.29 is 8.42 Å². The van der Waals surface area contributed by atoms with Crippen LogP contribution < -0.4 is 15.4 Å². The second-order valence-electron chi connectivity index (χ2n) is 4.83. The molecule has 0 amide bonds. The molecule has 1 aromatic rings. The maximum Gasteiger partial charge on any atom is 0.208 e. The Hall–Kier alpha value is -1.31. The molecule has 0 bridgehead atoms. The average molecular weight is 347 g/mol. The summed E-state index contributed by atoms with van der Waals surface area (Å²) in [6.45, 7) is 1.78. The summed E-state index contributed by atoms with van der Waals surface area (Å²) in [6, 6.07) is 7.75. The van der Waals surface area contributed by atoms with Crippen molar-refractivity contribution >= 4 is 27.6 Å². The van der Waals surface area contributed by atoms with Gasteiger partial charge in [0.1, 0.15) is 0 Å². The number of aliphatic imine (C=N–C) groups is 1. The van der Waals surface area contributed by atoms with Gasteiger partial charge >= 0.3 is 0 Å². The van der Waals surface area contributed by atoms with Gasteiger partial charge in [-0.25, -0.2) is 13.1 Å². The molecule has 1 aromatic carbocycles. The second kappa shape index (κ2) is 9.66. The van der Waals surface area contributed by atoms with E-state index in [0.717, 1.165) is 29.8 Å². The fourth-order valence-electron chi connectivity index (χ4n) is 1.79. The van der Waals surface area contributed by atoms with E-state index in [1.165, 1.54) is 0 Å². The number of nitrogens with zero attached hydrogens (tertiary/aromatic N) is 1. The van der Waals surface area contributed by atoms with Gasteiger partial charge < -0.3 is 10.6 Å². The number of benzene rings is 1. The molecule has 0 heterocycles. The summed E-state index contributed by atoms with van der Waals surface area (Å²) >= 11 is 5.94. The van der Waals surface area contributed by atoms with Crippen LogP contribution in [0.5, 0.6) is 0 Å². The third-order valence-corrected chi connectivity index (χ3v) is 3.79. The first kappa shape index (κ1) is 18.7. The van der Waals surface area contributed by atoms with Crippen molar-refractivity contribution in [1.82, 2.24) is 15.4 Å². The molecular formula is C14H23ClN4O2S. The van der Waals surface area contributed by atoms with Crippen molar-refractivity contribution in [2.45, 2.75) is 12.8 Å². The van der Waals surface area contributed by atoms with E-state index in [-0.39, 0.29) is 0 Å². The first-order chi connectivity index (χ1) is 10.4. The molecule has 1 rings (SSSR count). The topological polar surface area (TPSA) is 82.6 Å². The summed E-state index contributed by atoms with van der Waals surface area (Å²) in [5.74, 6) is 0.696. The Kier molecular flexibility index (Phi) is 8.22. The van der Waals surface area contributed by atoms with Crippen LogP contribution in [0.3, 0.4) is 0 Å². The summed E-state index contributed by atoms with van der Waals surface area (Å²) in [5, 5.41) is 7.07. The van der Waals surface area contributed by atoms with Crippen molar-refractivity contribution in [1.29, 1.82) is 0 Å². The van der Waals surface area contributed by atoms with Gasteiger partial charge in [0.05, 0.1) is 6.26 Å². The van der Waals surface area contributed by atoms with Crippen LogP contribution in [0.25, 0.3) is 0 Å². The lowest BCUT2D eigenvalue weighted by Gasteiger charge is -2.12. The largest absolute Gasteiger partial charge is 0.356 e. The molecular weight excluding hydrogens is 324 g/mol. The van der Waals surface area contributed by atoms with Gasteiger partial charge in [-0.3, -0.25) is 4.99 Å². The molecule has 0 saturated carbocycles. The zero-order chi connectivity index (χ0) is 16.4. The predicted molar refractivity (Wildman–Crippen MR) is 92.0 cm³/mol. The molecule has 0 aliphatic carbocycles. The minimum Gasteiger partial charge on any atom is -0.356 e. The Balaban J connectivity index is 2.20. The number of halogens is 1. The normalized spacial score (nSPS) is 12.2. The van der Waals surface area contributed by atoms with Crippen LogP contribution in [-0.2, 0) is 16.4 Å². The van der Waals surface area contributed by atoms with E-state index in [4.69, 9.17) is 11.6 Å². The van der Waals surface area contributed by atoms with Gasteiger partial charge in [0.2, 0.25) is 10.0 Å². The highest BCUT2D eigenvalue weighted by Crippen LogP contribution is 2.10. The SMILES string of the molecule is CN=C(NCCCNS(C)(=O)=O)NCCc1cccc(Cl)c1. The number of guanidine groups is 1. The monoisotopic (exact) mass is 346 g/mol. The van der Waals surface area contributed by atoms with E-state index < -0.39 is 10.0 Å². The Labute approximate surface area is 137 Å². The van der Waals surface area contributed by atoms with E-state index in [1.54, 1.807) is 7.05 Å². The maximum atomic E-state index is 10.9. The number of nitrogens with one attached hydrogen (secondary N) is 3. The molecule has 3 N–H and O–H groups in total. The molecule has 22 heavy (non-hydrogen) atoms. The van der Waals surface area contributed by atoms with Crippen molar-refractivity contribution in [2.24, 2.45) is 4.99 Å². The highest BCUT2D eigenvalue weighted by Gasteiger charge is 2.00. The highest BCUT2D eigenvalue weighted by atomic mass is 35.5. The summed E-state index contributed by atoms with van der Waals surface area (Å²) in [7, 11) is -1.42. The quantitative estimate of drug-likeness (QED) is 0.372. The minimum absolute atomic E-state index is 0.408. The van der Waals surface area contributed by atoms with E-state index in [1.807, 2.05) is 24.3 Å². The molecule has 124 valence electrons. The highest BCUT2D eigenvalue weighted by molar-refractivity contribution is 7.88. The van der Waals surface area contributed by atoms with Crippen molar-refractivity contribution in [3.63, 3.8) is 0 Å². The van der Waals surface area contributed by atoms with E-state index in [9.17, 15) is 8.42 Å². The molecule has 8 heteroatoms. The molecule has 0 radical (unpaired) electrons. The molecule has 0 aliphatic heterocycles. The van der Waals surface area contributed by atoms with Crippen LogP contribution in [-0.4, -0.2) is 47.3 Å². The molecule has 0 saturated heterocycles. The summed E-state index contributed by atoms with van der Waals surface area (Å²) in [5.41, 5.74) is 1.16. The second-order valence-corrected chi connectivity index (χ2v) is 7.10. The van der Waals surface area contributed by atoms with Crippen LogP contribution in [0.2, 0.25) is 5.02 Å². The van der Waals surface area contributed by atoms with Gasteiger partial charge in [-0.2, -0.15) is 0 Å². The molecule has 0 aromatic heterocycles. The zero-order valence-corrected chi connectivity index (χ0v) is 14.5. The fourth-order valence-corrected chi connectivity index (χ4v) is 2.52. The average Bonchev–Trinajstić information content (AvgIpc) is 2.44. The van der Waals surface area contributed by atoms with E-state index in [2.05, 4.69) is 20.3 Å². The lowest BCUT2D eigenvalue weighted by atomic mass is 10.1. The lowest BCUT2D eigenvalue weighted by Crippen LogP contribution is -2.39. The first-order valence-electron chi connectivity index (χ1n) is 7.04. The van der Waals surface area contributed by atoms with Crippen LogP contribution >= 0.6 is 11.6 Å².